The number of aromatic nitrogens is 3. The Hall–Kier alpha value is -4.02. The highest BCUT2D eigenvalue weighted by molar-refractivity contribution is 5.92. The zero-order valence-electron chi connectivity index (χ0n) is 20.0. The first-order valence-electron chi connectivity index (χ1n) is 11.1. The smallest absolute Gasteiger partial charge is 0.475 e. The predicted molar refractivity (Wildman–Crippen MR) is 120 cm³/mol. The summed E-state index contributed by atoms with van der Waals surface area (Å²) in [4.78, 5) is 47.4. The van der Waals surface area contributed by atoms with Gasteiger partial charge in [0.05, 0.1) is 25.9 Å². The number of hydrogen-bond acceptors (Lipinski definition) is 8. The van der Waals surface area contributed by atoms with E-state index in [2.05, 4.69) is 19.9 Å². The van der Waals surface area contributed by atoms with Crippen molar-refractivity contribution in [2.45, 2.75) is 30.8 Å². The van der Waals surface area contributed by atoms with Crippen molar-refractivity contribution in [1.82, 2.24) is 19.9 Å². The summed E-state index contributed by atoms with van der Waals surface area (Å²) in [6, 6.07) is 5.42. The van der Waals surface area contributed by atoms with Crippen LogP contribution in [0.3, 0.4) is 0 Å². The molecule has 11 nitrogen and oxygen atoms in total. The van der Waals surface area contributed by atoms with Crippen molar-refractivity contribution in [2.75, 3.05) is 37.7 Å². The topological polar surface area (TPSA) is 146 Å². The number of ether oxygens (including phenoxy) is 1. The number of morpholine rings is 1. The number of alkyl halides is 6. The third kappa shape index (κ3) is 9.66. The molecule has 39 heavy (non-hydrogen) atoms. The van der Waals surface area contributed by atoms with Gasteiger partial charge in [0.15, 0.2) is 0 Å². The minimum atomic E-state index is -5.08. The number of hydrogen-bond donors (Lipinski definition) is 2. The maximum atomic E-state index is 12.7. The van der Waals surface area contributed by atoms with Crippen molar-refractivity contribution >= 4 is 23.7 Å². The molecule has 17 heteroatoms. The van der Waals surface area contributed by atoms with Crippen molar-refractivity contribution in [1.29, 1.82) is 0 Å². The first-order chi connectivity index (χ1) is 18.1. The zero-order valence-corrected chi connectivity index (χ0v) is 20.0. The Morgan fingerprint density at radius 1 is 0.897 bits per heavy atom. The zero-order chi connectivity index (χ0) is 29.3. The molecule has 0 aliphatic carbocycles. The first kappa shape index (κ1) is 31.2. The highest BCUT2D eigenvalue weighted by Gasteiger charge is 2.42. The Morgan fingerprint density at radius 2 is 1.54 bits per heavy atom. The fraction of sp³-hybridized carbons (Fsp3) is 0.455. The number of aliphatic carboxylic acids is 2. The highest BCUT2D eigenvalue weighted by Crippen LogP contribution is 2.31. The SMILES string of the molecule is O=C(O)C(F)(F)F.O=C(O)C(F)(F)F.O=C(c1ccccn1)N1CCOC2(CCCN(c3cnccn3)C2)C1. The molecular weight excluding hydrogens is 544 g/mol. The second-order valence-electron chi connectivity index (χ2n) is 8.17. The summed E-state index contributed by atoms with van der Waals surface area (Å²) in [5.41, 5.74) is 0.138. The predicted octanol–water partition coefficient (Wildman–Crippen LogP) is 2.65. The Bertz CT molecular complexity index is 1080. The van der Waals surface area contributed by atoms with Crippen LogP contribution >= 0.6 is 0 Å². The molecule has 2 aromatic rings. The molecule has 2 N–H and O–H groups in total. The number of rotatable bonds is 2. The van der Waals surface area contributed by atoms with Gasteiger partial charge in [-0.2, -0.15) is 26.3 Å². The number of carbonyl (C=O) groups excluding carboxylic acids is 1. The molecule has 0 aromatic carbocycles. The van der Waals surface area contributed by atoms with E-state index < -0.39 is 24.3 Å². The number of anilines is 1. The van der Waals surface area contributed by atoms with Gasteiger partial charge in [0, 0.05) is 31.7 Å². The molecule has 1 unspecified atom stereocenters. The molecule has 0 bridgehead atoms. The van der Waals surface area contributed by atoms with Gasteiger partial charge in [0.1, 0.15) is 17.1 Å². The number of pyridine rings is 1. The van der Waals surface area contributed by atoms with Crippen LogP contribution in [0.2, 0.25) is 0 Å². The molecule has 2 aliphatic heterocycles. The average Bonchev–Trinajstić information content (AvgIpc) is 2.89. The van der Waals surface area contributed by atoms with Crippen LogP contribution in [0, 0.1) is 0 Å². The van der Waals surface area contributed by atoms with E-state index in [0.717, 1.165) is 31.7 Å². The minimum absolute atomic E-state index is 0.0279. The molecule has 1 atom stereocenters. The molecule has 0 radical (unpaired) electrons. The minimum Gasteiger partial charge on any atom is -0.475 e. The van der Waals surface area contributed by atoms with E-state index in [0.29, 0.717) is 25.4 Å². The van der Waals surface area contributed by atoms with Crippen molar-refractivity contribution in [3.63, 3.8) is 0 Å². The van der Waals surface area contributed by atoms with Crippen LogP contribution in [0.5, 0.6) is 0 Å². The van der Waals surface area contributed by atoms with Gasteiger partial charge in [-0.25, -0.2) is 14.6 Å². The normalized spacial score (nSPS) is 19.2. The van der Waals surface area contributed by atoms with E-state index in [9.17, 15) is 31.1 Å². The molecule has 1 spiro atoms. The van der Waals surface area contributed by atoms with Crippen molar-refractivity contribution in [3.8, 4) is 0 Å². The summed E-state index contributed by atoms with van der Waals surface area (Å²) in [7, 11) is 0. The van der Waals surface area contributed by atoms with E-state index >= 15 is 0 Å². The number of amides is 1. The van der Waals surface area contributed by atoms with Crippen LogP contribution in [0.4, 0.5) is 32.2 Å². The summed E-state index contributed by atoms with van der Waals surface area (Å²) in [5, 5.41) is 14.2. The summed E-state index contributed by atoms with van der Waals surface area (Å²) >= 11 is 0. The monoisotopic (exact) mass is 567 g/mol. The lowest BCUT2D eigenvalue weighted by Crippen LogP contribution is -2.61. The second kappa shape index (κ2) is 13.2. The largest absolute Gasteiger partial charge is 0.490 e. The van der Waals surface area contributed by atoms with Crippen LogP contribution < -0.4 is 4.90 Å². The quantitative estimate of drug-likeness (QED) is 0.520. The Kier molecular flexibility index (Phi) is 10.5. The average molecular weight is 567 g/mol. The number of piperidine rings is 1. The Labute approximate surface area is 217 Å². The standard InChI is InChI=1S/C18H21N5O2.2C2HF3O2/c24-17(15-4-1-2-6-20-15)23-10-11-25-18(14-23)5-3-9-22(13-18)16-12-19-7-8-21-16;2*3-2(4,5)1(6)7/h1-2,4,6-8,12H,3,5,9-11,13-14H2;2*(H,6,7). The second-order valence-corrected chi connectivity index (χ2v) is 8.17. The van der Waals surface area contributed by atoms with Crippen LogP contribution in [0.25, 0.3) is 0 Å². The van der Waals surface area contributed by atoms with Gasteiger partial charge in [-0.05, 0) is 25.0 Å². The van der Waals surface area contributed by atoms with E-state index in [1.165, 1.54) is 0 Å². The summed E-state index contributed by atoms with van der Waals surface area (Å²) in [6.45, 7) is 3.38. The van der Waals surface area contributed by atoms with Crippen LogP contribution in [0.1, 0.15) is 23.3 Å². The molecule has 2 aliphatic rings. The Morgan fingerprint density at radius 3 is 2.05 bits per heavy atom. The van der Waals surface area contributed by atoms with Gasteiger partial charge in [-0.1, -0.05) is 6.07 Å². The number of carboxylic acid groups (broad SMARTS) is 2. The van der Waals surface area contributed by atoms with Crippen LogP contribution in [-0.4, -0.2) is 98.7 Å². The van der Waals surface area contributed by atoms with Gasteiger partial charge in [-0.15, -0.1) is 0 Å². The van der Waals surface area contributed by atoms with E-state index in [4.69, 9.17) is 24.5 Å². The lowest BCUT2D eigenvalue weighted by molar-refractivity contribution is -0.193. The fourth-order valence-corrected chi connectivity index (χ4v) is 3.66. The van der Waals surface area contributed by atoms with Crippen LogP contribution in [0.15, 0.2) is 43.0 Å². The third-order valence-corrected chi connectivity index (χ3v) is 5.32. The molecule has 2 aromatic heterocycles. The molecular formula is C22H23F6N5O6. The van der Waals surface area contributed by atoms with Gasteiger partial charge >= 0.3 is 24.3 Å². The molecule has 2 saturated heterocycles. The van der Waals surface area contributed by atoms with Crippen molar-refractivity contribution < 1.29 is 55.7 Å². The summed E-state index contributed by atoms with van der Waals surface area (Å²) in [6.07, 6.45) is -1.42. The molecule has 214 valence electrons. The first-order valence-corrected chi connectivity index (χ1v) is 11.1. The van der Waals surface area contributed by atoms with Crippen molar-refractivity contribution in [2.24, 2.45) is 0 Å². The highest BCUT2D eigenvalue weighted by atomic mass is 19.4. The van der Waals surface area contributed by atoms with Crippen molar-refractivity contribution in [3.05, 3.63) is 48.7 Å². The maximum absolute atomic E-state index is 12.7. The molecule has 0 saturated carbocycles. The molecule has 4 rings (SSSR count). The molecule has 1 amide bonds. The van der Waals surface area contributed by atoms with Gasteiger partial charge in [-0.3, -0.25) is 14.8 Å². The lowest BCUT2D eigenvalue weighted by atomic mass is 9.90. The maximum Gasteiger partial charge on any atom is 0.490 e. The van der Waals surface area contributed by atoms with E-state index in [1.54, 1.807) is 30.9 Å². The molecule has 4 heterocycles. The number of carboxylic acids is 2. The molecule has 2 fully saturated rings. The van der Waals surface area contributed by atoms with Gasteiger partial charge < -0.3 is 24.7 Å². The summed E-state index contributed by atoms with van der Waals surface area (Å²) in [5.74, 6) is -4.68. The summed E-state index contributed by atoms with van der Waals surface area (Å²) < 4.78 is 69.6. The number of nitrogens with zero attached hydrogens (tertiary/aromatic N) is 5. The van der Waals surface area contributed by atoms with Gasteiger partial charge in [0.2, 0.25) is 0 Å². The third-order valence-electron chi connectivity index (χ3n) is 5.32. The number of halogens is 6. The lowest BCUT2D eigenvalue weighted by Gasteiger charge is -2.48. The van der Waals surface area contributed by atoms with E-state index in [1.807, 2.05) is 17.0 Å². The number of carbonyl (C=O) groups is 3. The van der Waals surface area contributed by atoms with Gasteiger partial charge in [0.25, 0.3) is 5.91 Å². The van der Waals surface area contributed by atoms with E-state index in [-0.39, 0.29) is 11.5 Å². The Balaban J connectivity index is 0.000000317. The van der Waals surface area contributed by atoms with Crippen LogP contribution in [-0.2, 0) is 14.3 Å². The fourth-order valence-electron chi connectivity index (χ4n) is 3.66.